The van der Waals surface area contributed by atoms with Gasteiger partial charge < -0.3 is 9.47 Å². The van der Waals surface area contributed by atoms with Crippen LogP contribution in [0.15, 0.2) is 18.2 Å². The Morgan fingerprint density at radius 1 is 1.25 bits per heavy atom. The van der Waals surface area contributed by atoms with Gasteiger partial charge in [0.25, 0.3) is 0 Å². The first-order chi connectivity index (χ1) is 7.43. The van der Waals surface area contributed by atoms with Crippen molar-refractivity contribution in [2.24, 2.45) is 0 Å². The lowest BCUT2D eigenvalue weighted by Gasteiger charge is -2.22. The molecule has 2 unspecified atom stereocenters. The van der Waals surface area contributed by atoms with Crippen LogP contribution in [0.2, 0.25) is 0 Å². The molecule has 1 aromatic carbocycles. The Kier molecular flexibility index (Phi) is 2.70. The minimum Gasteiger partial charge on any atom is -0.496 e. The van der Waals surface area contributed by atoms with E-state index in [4.69, 9.17) is 9.47 Å². The molecule has 1 heterocycles. The van der Waals surface area contributed by atoms with Crippen molar-refractivity contribution >= 4 is 0 Å². The Bertz CT molecular complexity index is 390. The first kappa shape index (κ1) is 11.5. The molecule has 0 saturated carbocycles. The summed E-state index contributed by atoms with van der Waals surface area (Å²) in [5.41, 5.74) is 2.60. The quantitative estimate of drug-likeness (QED) is 0.712. The molecule has 1 aromatic rings. The number of rotatable bonds is 2. The molecule has 1 fully saturated rings. The maximum absolute atomic E-state index is 5.50. The topological polar surface area (TPSA) is 21.8 Å². The molecule has 0 spiro atoms. The highest BCUT2D eigenvalue weighted by atomic mass is 16.6. The van der Waals surface area contributed by atoms with Crippen LogP contribution in [0.3, 0.4) is 0 Å². The van der Waals surface area contributed by atoms with Crippen LogP contribution in [0.1, 0.15) is 44.9 Å². The zero-order chi connectivity index (χ0) is 11.9. The van der Waals surface area contributed by atoms with Gasteiger partial charge in [0, 0.05) is 0 Å². The Morgan fingerprint density at radius 3 is 2.31 bits per heavy atom. The number of benzene rings is 1. The third-order valence-electron chi connectivity index (χ3n) is 3.07. The molecule has 0 aromatic heterocycles. The number of hydrogen-bond donors (Lipinski definition) is 0. The van der Waals surface area contributed by atoms with Crippen LogP contribution in [-0.2, 0) is 10.2 Å². The molecule has 0 amide bonds. The van der Waals surface area contributed by atoms with Gasteiger partial charge in [-0.15, -0.1) is 0 Å². The summed E-state index contributed by atoms with van der Waals surface area (Å²) < 4.78 is 10.9. The molecule has 0 radical (unpaired) electrons. The standard InChI is InChI=1S/C14H20O2/c1-9-13(16-9)10-6-7-12(15-5)11(8-10)14(2,3)4/h6-9,13H,1-5H3. The van der Waals surface area contributed by atoms with Gasteiger partial charge in [-0.3, -0.25) is 0 Å². The average molecular weight is 220 g/mol. The first-order valence-corrected chi connectivity index (χ1v) is 5.77. The third-order valence-corrected chi connectivity index (χ3v) is 3.07. The van der Waals surface area contributed by atoms with Gasteiger partial charge in [-0.05, 0) is 35.6 Å². The molecule has 2 rings (SSSR count). The highest BCUT2D eigenvalue weighted by Gasteiger charge is 2.36. The van der Waals surface area contributed by atoms with Gasteiger partial charge >= 0.3 is 0 Å². The normalized spacial score (nSPS) is 24.3. The molecule has 1 aliphatic heterocycles. The van der Waals surface area contributed by atoms with E-state index in [2.05, 4.69) is 39.8 Å². The molecular formula is C14H20O2. The molecular weight excluding hydrogens is 200 g/mol. The van der Waals surface area contributed by atoms with E-state index in [1.807, 2.05) is 6.07 Å². The predicted molar refractivity (Wildman–Crippen MR) is 65.0 cm³/mol. The Hall–Kier alpha value is -1.02. The van der Waals surface area contributed by atoms with Gasteiger partial charge in [-0.25, -0.2) is 0 Å². The predicted octanol–water partition coefficient (Wildman–Crippen LogP) is 3.45. The van der Waals surface area contributed by atoms with Crippen LogP contribution in [0, 0.1) is 0 Å². The van der Waals surface area contributed by atoms with E-state index in [0.29, 0.717) is 6.10 Å². The average Bonchev–Trinajstić information content (AvgIpc) is 2.93. The van der Waals surface area contributed by atoms with Gasteiger partial charge in [-0.1, -0.05) is 26.8 Å². The lowest BCUT2D eigenvalue weighted by Crippen LogP contribution is -2.13. The lowest BCUT2D eigenvalue weighted by atomic mass is 9.85. The molecule has 88 valence electrons. The Labute approximate surface area is 97.6 Å². The van der Waals surface area contributed by atoms with Gasteiger partial charge in [0.05, 0.1) is 13.2 Å². The van der Waals surface area contributed by atoms with Crippen molar-refractivity contribution in [2.45, 2.75) is 45.3 Å². The molecule has 1 aliphatic rings. The molecule has 2 heteroatoms. The van der Waals surface area contributed by atoms with E-state index >= 15 is 0 Å². The summed E-state index contributed by atoms with van der Waals surface area (Å²) in [5, 5.41) is 0. The van der Waals surface area contributed by atoms with Crippen molar-refractivity contribution in [3.05, 3.63) is 29.3 Å². The van der Waals surface area contributed by atoms with E-state index in [-0.39, 0.29) is 11.5 Å². The fraction of sp³-hybridized carbons (Fsp3) is 0.571. The van der Waals surface area contributed by atoms with Crippen LogP contribution < -0.4 is 4.74 Å². The molecule has 16 heavy (non-hydrogen) atoms. The zero-order valence-electron chi connectivity index (χ0n) is 10.7. The number of ether oxygens (including phenoxy) is 2. The van der Waals surface area contributed by atoms with Crippen molar-refractivity contribution in [2.75, 3.05) is 7.11 Å². The Balaban J connectivity index is 2.39. The van der Waals surface area contributed by atoms with Crippen molar-refractivity contribution in [3.63, 3.8) is 0 Å². The fourth-order valence-corrected chi connectivity index (χ4v) is 2.02. The minimum atomic E-state index is 0.0967. The summed E-state index contributed by atoms with van der Waals surface area (Å²) in [7, 11) is 1.72. The maximum atomic E-state index is 5.50. The molecule has 0 N–H and O–H groups in total. The van der Waals surface area contributed by atoms with Crippen LogP contribution in [0.25, 0.3) is 0 Å². The van der Waals surface area contributed by atoms with Crippen molar-refractivity contribution < 1.29 is 9.47 Å². The molecule has 0 bridgehead atoms. The molecule has 0 aliphatic carbocycles. The van der Waals surface area contributed by atoms with Crippen LogP contribution >= 0.6 is 0 Å². The third kappa shape index (κ3) is 2.07. The van der Waals surface area contributed by atoms with Crippen molar-refractivity contribution in [1.29, 1.82) is 0 Å². The van der Waals surface area contributed by atoms with E-state index in [9.17, 15) is 0 Å². The van der Waals surface area contributed by atoms with Crippen molar-refractivity contribution in [3.8, 4) is 5.75 Å². The van der Waals surface area contributed by atoms with E-state index in [1.165, 1.54) is 11.1 Å². The highest BCUT2D eigenvalue weighted by molar-refractivity contribution is 5.43. The summed E-state index contributed by atoms with van der Waals surface area (Å²) in [5.74, 6) is 0.963. The zero-order valence-corrected chi connectivity index (χ0v) is 10.7. The molecule has 2 nitrogen and oxygen atoms in total. The van der Waals surface area contributed by atoms with Gasteiger partial charge in [0.1, 0.15) is 11.9 Å². The largest absolute Gasteiger partial charge is 0.496 e. The first-order valence-electron chi connectivity index (χ1n) is 5.77. The summed E-state index contributed by atoms with van der Waals surface area (Å²) in [4.78, 5) is 0. The van der Waals surface area contributed by atoms with E-state index in [0.717, 1.165) is 5.75 Å². The van der Waals surface area contributed by atoms with E-state index in [1.54, 1.807) is 7.11 Å². The second kappa shape index (κ2) is 3.77. The maximum Gasteiger partial charge on any atom is 0.122 e. The summed E-state index contributed by atoms with van der Waals surface area (Å²) >= 11 is 0. The number of methoxy groups -OCH3 is 1. The van der Waals surface area contributed by atoms with Crippen LogP contribution in [0.4, 0.5) is 0 Å². The number of hydrogen-bond acceptors (Lipinski definition) is 2. The van der Waals surface area contributed by atoms with Gasteiger partial charge in [0.15, 0.2) is 0 Å². The van der Waals surface area contributed by atoms with Gasteiger partial charge in [-0.2, -0.15) is 0 Å². The Morgan fingerprint density at radius 2 is 1.88 bits per heavy atom. The van der Waals surface area contributed by atoms with E-state index < -0.39 is 0 Å². The monoisotopic (exact) mass is 220 g/mol. The fourth-order valence-electron chi connectivity index (χ4n) is 2.02. The van der Waals surface area contributed by atoms with Gasteiger partial charge in [0.2, 0.25) is 0 Å². The minimum absolute atomic E-state index is 0.0967. The summed E-state index contributed by atoms with van der Waals surface area (Å²) in [6.45, 7) is 8.70. The summed E-state index contributed by atoms with van der Waals surface area (Å²) in [6, 6.07) is 6.36. The highest BCUT2D eigenvalue weighted by Crippen LogP contribution is 2.41. The number of epoxide rings is 1. The second-order valence-corrected chi connectivity index (χ2v) is 5.47. The molecule has 1 saturated heterocycles. The molecule has 2 atom stereocenters. The summed E-state index contributed by atoms with van der Waals surface area (Å²) in [6.07, 6.45) is 0.646. The van der Waals surface area contributed by atoms with Crippen molar-refractivity contribution in [1.82, 2.24) is 0 Å². The lowest BCUT2D eigenvalue weighted by molar-refractivity contribution is 0.380. The second-order valence-electron chi connectivity index (χ2n) is 5.47. The smallest absolute Gasteiger partial charge is 0.122 e. The SMILES string of the molecule is COc1ccc(C2OC2C)cc1C(C)(C)C. The van der Waals surface area contributed by atoms with Crippen LogP contribution in [0.5, 0.6) is 5.75 Å². The van der Waals surface area contributed by atoms with Crippen LogP contribution in [-0.4, -0.2) is 13.2 Å².